The molecule has 0 aromatic heterocycles. The van der Waals surface area contributed by atoms with Crippen LogP contribution in [0.3, 0.4) is 0 Å². The summed E-state index contributed by atoms with van der Waals surface area (Å²) in [7, 11) is 1.50. The van der Waals surface area contributed by atoms with Crippen molar-refractivity contribution in [2.75, 3.05) is 13.7 Å². The molecule has 1 fully saturated rings. The molecule has 2 rings (SSSR count). The highest BCUT2D eigenvalue weighted by Gasteiger charge is 2.21. The van der Waals surface area contributed by atoms with Crippen molar-refractivity contribution in [3.63, 3.8) is 0 Å². The van der Waals surface area contributed by atoms with Crippen LogP contribution in [-0.4, -0.2) is 26.2 Å². The first-order valence-electron chi connectivity index (χ1n) is 6.01. The Morgan fingerprint density at radius 3 is 2.78 bits per heavy atom. The van der Waals surface area contributed by atoms with Crippen LogP contribution in [0.4, 0.5) is 8.78 Å². The third kappa shape index (κ3) is 3.57. The van der Waals surface area contributed by atoms with Crippen LogP contribution in [0.25, 0.3) is 0 Å². The quantitative estimate of drug-likeness (QED) is 0.814. The van der Waals surface area contributed by atoms with E-state index in [1.165, 1.54) is 20.0 Å². The molecule has 0 spiro atoms. The second-order valence-corrected chi connectivity index (χ2v) is 4.31. The summed E-state index contributed by atoms with van der Waals surface area (Å²) in [6.45, 7) is -0.00274. The van der Waals surface area contributed by atoms with Crippen molar-refractivity contribution < 1.29 is 18.3 Å². The number of benzene rings is 1. The molecule has 100 valence electrons. The van der Waals surface area contributed by atoms with Gasteiger partial charge in [-0.2, -0.15) is 0 Å². The maximum atomic E-state index is 12.2. The van der Waals surface area contributed by atoms with Gasteiger partial charge in [0.15, 0.2) is 11.5 Å². The number of halogens is 2. The van der Waals surface area contributed by atoms with E-state index in [4.69, 9.17) is 9.47 Å². The molecule has 1 aliphatic carbocycles. The Bertz CT molecular complexity index is 395. The fourth-order valence-electron chi connectivity index (χ4n) is 1.71. The van der Waals surface area contributed by atoms with E-state index < -0.39 is 13.0 Å². The summed E-state index contributed by atoms with van der Waals surface area (Å²) < 4.78 is 34.8. The van der Waals surface area contributed by atoms with Crippen molar-refractivity contribution in [1.82, 2.24) is 5.32 Å². The molecule has 1 saturated carbocycles. The second kappa shape index (κ2) is 6.00. The molecule has 18 heavy (non-hydrogen) atoms. The lowest BCUT2D eigenvalue weighted by Gasteiger charge is -2.15. The van der Waals surface area contributed by atoms with E-state index in [1.807, 2.05) is 12.1 Å². The highest BCUT2D eigenvalue weighted by Crippen LogP contribution is 2.32. The Hall–Kier alpha value is -1.36. The summed E-state index contributed by atoms with van der Waals surface area (Å²) in [5, 5.41) is 3.33. The van der Waals surface area contributed by atoms with Crippen LogP contribution in [0, 0.1) is 0 Å². The Kier molecular flexibility index (Phi) is 4.36. The van der Waals surface area contributed by atoms with E-state index >= 15 is 0 Å². The minimum atomic E-state index is -2.49. The van der Waals surface area contributed by atoms with Gasteiger partial charge in [0.1, 0.15) is 6.61 Å². The molecule has 1 aromatic rings. The predicted molar refractivity (Wildman–Crippen MR) is 64.4 cm³/mol. The number of methoxy groups -OCH3 is 1. The van der Waals surface area contributed by atoms with Crippen LogP contribution >= 0.6 is 0 Å². The molecular weight excluding hydrogens is 240 g/mol. The fraction of sp³-hybridized carbons (Fsp3) is 0.538. The van der Waals surface area contributed by atoms with Crippen LogP contribution in [0.15, 0.2) is 18.2 Å². The van der Waals surface area contributed by atoms with E-state index in [0.29, 0.717) is 24.1 Å². The molecule has 1 aromatic carbocycles. The Morgan fingerprint density at radius 1 is 1.39 bits per heavy atom. The van der Waals surface area contributed by atoms with E-state index in [9.17, 15) is 8.78 Å². The third-order valence-electron chi connectivity index (χ3n) is 2.79. The number of ether oxygens (including phenoxy) is 2. The Balaban J connectivity index is 2.08. The topological polar surface area (TPSA) is 30.5 Å². The van der Waals surface area contributed by atoms with Gasteiger partial charge < -0.3 is 14.8 Å². The zero-order chi connectivity index (χ0) is 13.0. The fourth-order valence-corrected chi connectivity index (χ4v) is 1.71. The average Bonchev–Trinajstić information content (AvgIpc) is 3.17. The van der Waals surface area contributed by atoms with Crippen LogP contribution in [-0.2, 0) is 6.54 Å². The number of hydrogen-bond donors (Lipinski definition) is 1. The van der Waals surface area contributed by atoms with E-state index in [-0.39, 0.29) is 0 Å². The van der Waals surface area contributed by atoms with E-state index in [0.717, 1.165) is 5.56 Å². The highest BCUT2D eigenvalue weighted by molar-refractivity contribution is 5.46. The number of nitrogens with one attached hydrogen (secondary N) is 1. The number of hydrogen-bond acceptors (Lipinski definition) is 3. The number of para-hydroxylation sites is 1. The molecule has 0 saturated heterocycles. The molecule has 0 bridgehead atoms. The first kappa shape index (κ1) is 13.1. The minimum Gasteiger partial charge on any atom is -0.493 e. The number of rotatable bonds is 7. The van der Waals surface area contributed by atoms with Crippen LogP contribution in [0.1, 0.15) is 18.4 Å². The maximum Gasteiger partial charge on any atom is 0.272 e. The molecule has 5 heteroatoms. The maximum absolute atomic E-state index is 12.2. The van der Waals surface area contributed by atoms with Gasteiger partial charge in [-0.25, -0.2) is 8.78 Å². The molecule has 0 heterocycles. The van der Waals surface area contributed by atoms with Crippen molar-refractivity contribution in [2.45, 2.75) is 31.9 Å². The summed E-state index contributed by atoms with van der Waals surface area (Å²) in [6.07, 6.45) is -0.131. The summed E-state index contributed by atoms with van der Waals surface area (Å²) in [6, 6.07) is 5.96. The molecule has 0 atom stereocenters. The molecule has 0 radical (unpaired) electrons. The van der Waals surface area contributed by atoms with Crippen LogP contribution in [0.2, 0.25) is 0 Å². The van der Waals surface area contributed by atoms with E-state index in [1.54, 1.807) is 6.07 Å². The highest BCUT2D eigenvalue weighted by atomic mass is 19.3. The summed E-state index contributed by atoms with van der Waals surface area (Å²) in [4.78, 5) is 0. The average molecular weight is 257 g/mol. The number of alkyl halides is 2. The van der Waals surface area contributed by atoms with Crippen molar-refractivity contribution in [1.29, 1.82) is 0 Å². The summed E-state index contributed by atoms with van der Waals surface area (Å²) >= 11 is 0. The summed E-state index contributed by atoms with van der Waals surface area (Å²) in [5.41, 5.74) is 0.849. The molecule has 0 unspecified atom stereocenters. The van der Waals surface area contributed by atoms with E-state index in [2.05, 4.69) is 5.32 Å². The van der Waals surface area contributed by atoms with Crippen LogP contribution in [0.5, 0.6) is 11.5 Å². The van der Waals surface area contributed by atoms with Gasteiger partial charge in [0.05, 0.1) is 7.11 Å². The van der Waals surface area contributed by atoms with Gasteiger partial charge in [-0.1, -0.05) is 12.1 Å². The van der Waals surface area contributed by atoms with Gasteiger partial charge in [-0.3, -0.25) is 0 Å². The normalized spacial score (nSPS) is 14.9. The SMILES string of the molecule is COc1cccc(CNC2CC2)c1OCC(F)F. The molecule has 3 nitrogen and oxygen atoms in total. The molecule has 1 aliphatic rings. The van der Waals surface area contributed by atoms with Gasteiger partial charge in [0, 0.05) is 18.2 Å². The molecule has 0 amide bonds. The monoisotopic (exact) mass is 257 g/mol. The van der Waals surface area contributed by atoms with Gasteiger partial charge in [0.25, 0.3) is 6.43 Å². The van der Waals surface area contributed by atoms with Gasteiger partial charge in [-0.15, -0.1) is 0 Å². The molecule has 0 aliphatic heterocycles. The van der Waals surface area contributed by atoms with Crippen LogP contribution < -0.4 is 14.8 Å². The summed E-state index contributed by atoms with van der Waals surface area (Å²) in [5.74, 6) is 0.902. The molecular formula is C13H17F2NO2. The lowest BCUT2D eigenvalue weighted by molar-refractivity contribution is 0.0798. The minimum absolute atomic E-state index is 0.411. The first-order chi connectivity index (χ1) is 8.70. The van der Waals surface area contributed by atoms with Crippen molar-refractivity contribution in [2.24, 2.45) is 0 Å². The first-order valence-corrected chi connectivity index (χ1v) is 6.01. The van der Waals surface area contributed by atoms with Gasteiger partial charge in [-0.05, 0) is 18.9 Å². The standard InChI is InChI=1S/C13H17F2NO2/c1-17-11-4-2-3-9(7-16-10-5-6-10)13(11)18-8-12(14)15/h2-4,10,12,16H,5-8H2,1H3. The van der Waals surface area contributed by atoms with Gasteiger partial charge in [0.2, 0.25) is 0 Å². The second-order valence-electron chi connectivity index (χ2n) is 4.31. The lowest BCUT2D eigenvalue weighted by Crippen LogP contribution is -2.17. The lowest BCUT2D eigenvalue weighted by atomic mass is 10.2. The largest absolute Gasteiger partial charge is 0.493 e. The van der Waals surface area contributed by atoms with Gasteiger partial charge >= 0.3 is 0 Å². The zero-order valence-electron chi connectivity index (χ0n) is 10.3. The predicted octanol–water partition coefficient (Wildman–Crippen LogP) is 2.59. The van der Waals surface area contributed by atoms with Crippen molar-refractivity contribution in [3.8, 4) is 11.5 Å². The Labute approximate surface area is 105 Å². The molecule has 1 N–H and O–H groups in total. The van der Waals surface area contributed by atoms with Crippen molar-refractivity contribution >= 4 is 0 Å². The zero-order valence-corrected chi connectivity index (χ0v) is 10.3. The smallest absolute Gasteiger partial charge is 0.272 e. The Morgan fingerprint density at radius 2 is 2.17 bits per heavy atom. The third-order valence-corrected chi connectivity index (χ3v) is 2.79. The van der Waals surface area contributed by atoms with Crippen molar-refractivity contribution in [3.05, 3.63) is 23.8 Å².